The quantitative estimate of drug-likeness (QED) is 0.797. The highest BCUT2D eigenvalue weighted by Gasteiger charge is 2.14. The van der Waals surface area contributed by atoms with E-state index in [1.165, 1.54) is 19.2 Å². The van der Waals surface area contributed by atoms with Crippen LogP contribution in [0.3, 0.4) is 0 Å². The standard InChI is InChI=1S/C18H16FN3O2/c1-12-8-17(21-22(12)15-6-4-3-5-7-15)18(23)20-14-9-13(19)10-16(11-14)24-2/h3-11H,1-2H3,(H,20,23). The number of nitrogens with one attached hydrogen (secondary N) is 1. The van der Waals surface area contributed by atoms with Crippen molar-refractivity contribution in [3.8, 4) is 11.4 Å². The number of halogens is 1. The minimum Gasteiger partial charge on any atom is -0.497 e. The number of aryl methyl sites for hydroxylation is 1. The molecule has 1 heterocycles. The van der Waals surface area contributed by atoms with Crippen LogP contribution in [0.5, 0.6) is 5.75 Å². The van der Waals surface area contributed by atoms with Crippen LogP contribution in [0.2, 0.25) is 0 Å². The van der Waals surface area contributed by atoms with Gasteiger partial charge in [0.15, 0.2) is 5.69 Å². The molecule has 1 amide bonds. The fraction of sp³-hybridized carbons (Fsp3) is 0.111. The Morgan fingerprint density at radius 2 is 1.92 bits per heavy atom. The van der Waals surface area contributed by atoms with Gasteiger partial charge in [0.1, 0.15) is 11.6 Å². The van der Waals surface area contributed by atoms with E-state index in [0.717, 1.165) is 11.4 Å². The molecule has 0 aliphatic heterocycles. The third-order valence-electron chi connectivity index (χ3n) is 3.49. The highest BCUT2D eigenvalue weighted by atomic mass is 19.1. The van der Waals surface area contributed by atoms with E-state index < -0.39 is 11.7 Å². The van der Waals surface area contributed by atoms with E-state index in [1.54, 1.807) is 16.8 Å². The van der Waals surface area contributed by atoms with Gasteiger partial charge in [-0.2, -0.15) is 5.10 Å². The van der Waals surface area contributed by atoms with E-state index in [4.69, 9.17) is 4.74 Å². The summed E-state index contributed by atoms with van der Waals surface area (Å²) in [6, 6.07) is 15.2. The summed E-state index contributed by atoms with van der Waals surface area (Å²) in [6.07, 6.45) is 0. The summed E-state index contributed by atoms with van der Waals surface area (Å²) in [7, 11) is 1.44. The molecule has 0 saturated carbocycles. The van der Waals surface area contributed by atoms with E-state index in [1.807, 2.05) is 37.3 Å². The van der Waals surface area contributed by atoms with Crippen molar-refractivity contribution in [3.63, 3.8) is 0 Å². The molecule has 0 radical (unpaired) electrons. The number of aromatic nitrogens is 2. The van der Waals surface area contributed by atoms with Crippen molar-refractivity contribution in [2.45, 2.75) is 6.92 Å². The van der Waals surface area contributed by atoms with Gasteiger partial charge >= 0.3 is 0 Å². The number of carbonyl (C=O) groups is 1. The highest BCUT2D eigenvalue weighted by molar-refractivity contribution is 6.03. The van der Waals surface area contributed by atoms with Crippen LogP contribution in [-0.4, -0.2) is 22.8 Å². The van der Waals surface area contributed by atoms with Crippen LogP contribution in [-0.2, 0) is 0 Å². The average molecular weight is 325 g/mol. The first-order valence-corrected chi connectivity index (χ1v) is 7.35. The number of benzene rings is 2. The van der Waals surface area contributed by atoms with Crippen molar-refractivity contribution in [2.75, 3.05) is 12.4 Å². The Balaban J connectivity index is 1.85. The van der Waals surface area contributed by atoms with Crippen molar-refractivity contribution < 1.29 is 13.9 Å². The number of rotatable bonds is 4. The zero-order valence-corrected chi connectivity index (χ0v) is 13.3. The van der Waals surface area contributed by atoms with Gasteiger partial charge in [0.05, 0.1) is 12.8 Å². The molecular formula is C18H16FN3O2. The SMILES string of the molecule is COc1cc(F)cc(NC(=O)c2cc(C)n(-c3ccccc3)n2)c1. The predicted molar refractivity (Wildman–Crippen MR) is 89.2 cm³/mol. The molecule has 2 aromatic carbocycles. The Kier molecular flexibility index (Phi) is 4.29. The summed E-state index contributed by atoms with van der Waals surface area (Å²) >= 11 is 0. The van der Waals surface area contributed by atoms with Gasteiger partial charge in [0.2, 0.25) is 0 Å². The van der Waals surface area contributed by atoms with E-state index in [9.17, 15) is 9.18 Å². The van der Waals surface area contributed by atoms with Crippen molar-refractivity contribution in [1.29, 1.82) is 0 Å². The van der Waals surface area contributed by atoms with Crippen LogP contribution in [0.25, 0.3) is 5.69 Å². The maximum Gasteiger partial charge on any atom is 0.276 e. The molecule has 5 nitrogen and oxygen atoms in total. The van der Waals surface area contributed by atoms with Crippen molar-refractivity contribution >= 4 is 11.6 Å². The smallest absolute Gasteiger partial charge is 0.276 e. The molecule has 24 heavy (non-hydrogen) atoms. The first-order valence-electron chi connectivity index (χ1n) is 7.35. The molecule has 1 aromatic heterocycles. The molecular weight excluding hydrogens is 309 g/mol. The van der Waals surface area contributed by atoms with Gasteiger partial charge < -0.3 is 10.1 Å². The zero-order chi connectivity index (χ0) is 17.1. The molecule has 1 N–H and O–H groups in total. The zero-order valence-electron chi connectivity index (χ0n) is 13.3. The Morgan fingerprint density at radius 1 is 1.17 bits per heavy atom. The Hall–Kier alpha value is -3.15. The van der Waals surface area contributed by atoms with Crippen LogP contribution in [0.15, 0.2) is 54.6 Å². The molecule has 0 bridgehead atoms. The van der Waals surface area contributed by atoms with Crippen LogP contribution in [0, 0.1) is 12.7 Å². The number of nitrogens with zero attached hydrogens (tertiary/aromatic N) is 2. The molecule has 0 spiro atoms. The lowest BCUT2D eigenvalue weighted by molar-refractivity contribution is 0.102. The van der Waals surface area contributed by atoms with Crippen molar-refractivity contribution in [2.24, 2.45) is 0 Å². The molecule has 122 valence electrons. The second kappa shape index (κ2) is 6.54. The van der Waals surface area contributed by atoms with Crippen LogP contribution >= 0.6 is 0 Å². The lowest BCUT2D eigenvalue weighted by Crippen LogP contribution is -2.13. The number of amides is 1. The number of carbonyl (C=O) groups excluding carboxylic acids is 1. The van der Waals surface area contributed by atoms with E-state index >= 15 is 0 Å². The minimum atomic E-state index is -0.490. The summed E-state index contributed by atoms with van der Waals surface area (Å²) < 4.78 is 20.2. The fourth-order valence-corrected chi connectivity index (χ4v) is 2.36. The van der Waals surface area contributed by atoms with Crippen LogP contribution in [0.1, 0.15) is 16.2 Å². The number of para-hydroxylation sites is 1. The predicted octanol–water partition coefficient (Wildman–Crippen LogP) is 3.58. The van der Waals surface area contributed by atoms with E-state index in [-0.39, 0.29) is 5.69 Å². The minimum absolute atomic E-state index is 0.250. The maximum atomic E-state index is 13.5. The van der Waals surface area contributed by atoms with E-state index in [2.05, 4.69) is 10.4 Å². The number of hydrogen-bond acceptors (Lipinski definition) is 3. The number of anilines is 1. The summed E-state index contributed by atoms with van der Waals surface area (Å²) in [5.74, 6) is -0.577. The van der Waals surface area contributed by atoms with Gasteiger partial charge in [-0.15, -0.1) is 0 Å². The number of hydrogen-bond donors (Lipinski definition) is 1. The molecule has 6 heteroatoms. The normalized spacial score (nSPS) is 10.5. The monoisotopic (exact) mass is 325 g/mol. The number of methoxy groups -OCH3 is 1. The van der Waals surface area contributed by atoms with Gasteiger partial charge in [0.25, 0.3) is 5.91 Å². The Morgan fingerprint density at radius 3 is 2.62 bits per heavy atom. The van der Waals surface area contributed by atoms with Gasteiger partial charge in [0, 0.05) is 23.5 Å². The summed E-state index contributed by atoms with van der Waals surface area (Å²) in [4.78, 5) is 12.4. The molecule has 0 aliphatic carbocycles. The number of ether oxygens (including phenoxy) is 1. The molecule has 0 atom stereocenters. The van der Waals surface area contributed by atoms with Crippen molar-refractivity contribution in [3.05, 3.63) is 71.8 Å². The molecule has 0 unspecified atom stereocenters. The van der Waals surface area contributed by atoms with Crippen LogP contribution < -0.4 is 10.1 Å². The topological polar surface area (TPSA) is 56.1 Å². The van der Waals surface area contributed by atoms with Gasteiger partial charge in [-0.25, -0.2) is 9.07 Å². The second-order valence-corrected chi connectivity index (χ2v) is 5.25. The molecule has 0 aliphatic rings. The average Bonchev–Trinajstić information content (AvgIpc) is 2.97. The lowest BCUT2D eigenvalue weighted by Gasteiger charge is -2.06. The van der Waals surface area contributed by atoms with Crippen molar-refractivity contribution in [1.82, 2.24) is 9.78 Å². The first kappa shape index (κ1) is 15.7. The molecule has 3 rings (SSSR count). The van der Waals surface area contributed by atoms with Gasteiger partial charge in [-0.3, -0.25) is 4.79 Å². The van der Waals surface area contributed by atoms with Gasteiger partial charge in [-0.1, -0.05) is 18.2 Å². The molecule has 3 aromatic rings. The summed E-state index contributed by atoms with van der Waals surface area (Å²) in [5, 5.41) is 6.95. The third-order valence-corrected chi connectivity index (χ3v) is 3.49. The molecule has 0 fully saturated rings. The highest BCUT2D eigenvalue weighted by Crippen LogP contribution is 2.20. The third kappa shape index (κ3) is 3.27. The maximum absolute atomic E-state index is 13.5. The van der Waals surface area contributed by atoms with Crippen LogP contribution in [0.4, 0.5) is 10.1 Å². The Bertz CT molecular complexity index is 875. The molecule has 0 saturated heterocycles. The van der Waals surface area contributed by atoms with Gasteiger partial charge in [-0.05, 0) is 31.2 Å². The largest absolute Gasteiger partial charge is 0.497 e. The Labute approximate surface area is 138 Å². The fourth-order valence-electron chi connectivity index (χ4n) is 2.36. The summed E-state index contributed by atoms with van der Waals surface area (Å²) in [6.45, 7) is 1.86. The first-order chi connectivity index (χ1) is 11.6. The van der Waals surface area contributed by atoms with E-state index in [0.29, 0.717) is 11.4 Å². The second-order valence-electron chi connectivity index (χ2n) is 5.25. The summed E-state index contributed by atoms with van der Waals surface area (Å²) in [5.41, 5.74) is 2.24. The lowest BCUT2D eigenvalue weighted by atomic mass is 10.2.